The predicted octanol–water partition coefficient (Wildman–Crippen LogP) is 2.19. The Bertz CT molecular complexity index is 694. The lowest BCUT2D eigenvalue weighted by Gasteiger charge is -2.11. The molecular formula is C15H12N4OS. The molecule has 3 N–H and O–H groups in total. The van der Waals surface area contributed by atoms with Gasteiger partial charge >= 0.3 is 0 Å². The number of para-hydroxylation sites is 1. The zero-order valence-corrected chi connectivity index (χ0v) is 11.8. The van der Waals surface area contributed by atoms with Crippen molar-refractivity contribution in [3.8, 4) is 6.07 Å². The number of benzene rings is 2. The SMILES string of the molecule is N#Cc1cccc(C(=O)NNC(=S)Nc2ccccc2)c1. The van der Waals surface area contributed by atoms with Crippen molar-refractivity contribution in [3.05, 3.63) is 65.7 Å². The van der Waals surface area contributed by atoms with Crippen LogP contribution < -0.4 is 16.2 Å². The van der Waals surface area contributed by atoms with E-state index in [1.165, 1.54) is 6.07 Å². The van der Waals surface area contributed by atoms with Crippen molar-refractivity contribution in [1.82, 2.24) is 10.9 Å². The molecule has 0 aliphatic heterocycles. The summed E-state index contributed by atoms with van der Waals surface area (Å²) in [4.78, 5) is 11.9. The summed E-state index contributed by atoms with van der Waals surface area (Å²) in [6.07, 6.45) is 0. The molecule has 0 radical (unpaired) electrons. The molecule has 2 aromatic carbocycles. The summed E-state index contributed by atoms with van der Waals surface area (Å²) in [5.74, 6) is -0.371. The van der Waals surface area contributed by atoms with Gasteiger partial charge in [-0.3, -0.25) is 15.6 Å². The molecule has 0 fully saturated rings. The van der Waals surface area contributed by atoms with Gasteiger partial charge in [-0.1, -0.05) is 24.3 Å². The number of thiocarbonyl (C=S) groups is 1. The largest absolute Gasteiger partial charge is 0.331 e. The van der Waals surface area contributed by atoms with Crippen LogP contribution in [0.1, 0.15) is 15.9 Å². The van der Waals surface area contributed by atoms with Gasteiger partial charge < -0.3 is 5.32 Å². The van der Waals surface area contributed by atoms with E-state index in [9.17, 15) is 4.79 Å². The molecule has 0 aliphatic rings. The van der Waals surface area contributed by atoms with Gasteiger partial charge in [0, 0.05) is 11.3 Å². The van der Waals surface area contributed by atoms with E-state index in [4.69, 9.17) is 17.5 Å². The van der Waals surface area contributed by atoms with Gasteiger partial charge in [-0.15, -0.1) is 0 Å². The number of nitriles is 1. The second-order valence-electron chi connectivity index (χ2n) is 4.09. The minimum atomic E-state index is -0.371. The lowest BCUT2D eigenvalue weighted by atomic mass is 10.1. The third-order valence-electron chi connectivity index (χ3n) is 2.58. The number of amides is 1. The first kappa shape index (κ1) is 14.5. The fraction of sp³-hybridized carbons (Fsp3) is 0. The summed E-state index contributed by atoms with van der Waals surface area (Å²) in [5.41, 5.74) is 6.69. The molecule has 0 aliphatic carbocycles. The first-order valence-electron chi connectivity index (χ1n) is 6.11. The highest BCUT2D eigenvalue weighted by molar-refractivity contribution is 7.80. The van der Waals surface area contributed by atoms with E-state index in [1.54, 1.807) is 18.2 Å². The van der Waals surface area contributed by atoms with Crippen LogP contribution in [0.15, 0.2) is 54.6 Å². The summed E-state index contributed by atoms with van der Waals surface area (Å²) in [5, 5.41) is 12.0. The van der Waals surface area contributed by atoms with E-state index >= 15 is 0 Å². The van der Waals surface area contributed by atoms with E-state index in [0.717, 1.165) is 5.69 Å². The smallest absolute Gasteiger partial charge is 0.269 e. The molecule has 1 amide bonds. The number of rotatable bonds is 2. The maximum atomic E-state index is 11.9. The molecular weight excluding hydrogens is 284 g/mol. The summed E-state index contributed by atoms with van der Waals surface area (Å²) in [6, 6.07) is 17.7. The normalized spacial score (nSPS) is 9.29. The quantitative estimate of drug-likeness (QED) is 0.585. The zero-order chi connectivity index (χ0) is 15.1. The van der Waals surface area contributed by atoms with Gasteiger partial charge in [0.05, 0.1) is 11.6 Å². The van der Waals surface area contributed by atoms with Crippen molar-refractivity contribution in [2.24, 2.45) is 0 Å². The molecule has 0 saturated heterocycles. The van der Waals surface area contributed by atoms with Crippen LogP contribution >= 0.6 is 12.2 Å². The van der Waals surface area contributed by atoms with E-state index in [0.29, 0.717) is 11.1 Å². The highest BCUT2D eigenvalue weighted by Gasteiger charge is 2.06. The third-order valence-corrected chi connectivity index (χ3v) is 2.78. The molecule has 21 heavy (non-hydrogen) atoms. The number of nitrogens with zero attached hydrogens (tertiary/aromatic N) is 1. The molecule has 0 heterocycles. The Labute approximate surface area is 127 Å². The first-order valence-corrected chi connectivity index (χ1v) is 6.52. The molecule has 0 saturated carbocycles. The number of hydrazine groups is 1. The number of anilines is 1. The Balaban J connectivity index is 1.89. The zero-order valence-electron chi connectivity index (χ0n) is 11.0. The van der Waals surface area contributed by atoms with Gasteiger partial charge in [0.2, 0.25) is 0 Å². The predicted molar refractivity (Wildman–Crippen MR) is 84.4 cm³/mol. The Morgan fingerprint density at radius 1 is 1.05 bits per heavy atom. The minimum absolute atomic E-state index is 0.269. The summed E-state index contributed by atoms with van der Waals surface area (Å²) in [6.45, 7) is 0. The Hall–Kier alpha value is -2.91. The molecule has 0 bridgehead atoms. The van der Waals surface area contributed by atoms with Crippen LogP contribution in [0.4, 0.5) is 5.69 Å². The molecule has 6 heteroatoms. The van der Waals surface area contributed by atoms with Gasteiger partial charge in [0.1, 0.15) is 0 Å². The summed E-state index contributed by atoms with van der Waals surface area (Å²) in [7, 11) is 0. The molecule has 2 rings (SSSR count). The van der Waals surface area contributed by atoms with Crippen LogP contribution in [0.25, 0.3) is 0 Å². The summed E-state index contributed by atoms with van der Waals surface area (Å²) < 4.78 is 0. The van der Waals surface area contributed by atoms with Crippen molar-refractivity contribution >= 4 is 28.9 Å². The maximum absolute atomic E-state index is 11.9. The van der Waals surface area contributed by atoms with Crippen molar-refractivity contribution in [1.29, 1.82) is 5.26 Å². The topological polar surface area (TPSA) is 77.0 Å². The molecule has 0 spiro atoms. The second-order valence-corrected chi connectivity index (χ2v) is 4.50. The van der Waals surface area contributed by atoms with Crippen molar-refractivity contribution in [2.75, 3.05) is 5.32 Å². The van der Waals surface area contributed by atoms with E-state index in [-0.39, 0.29) is 11.0 Å². The van der Waals surface area contributed by atoms with E-state index in [2.05, 4.69) is 16.2 Å². The Morgan fingerprint density at radius 2 is 1.81 bits per heavy atom. The van der Waals surface area contributed by atoms with Crippen molar-refractivity contribution in [2.45, 2.75) is 0 Å². The van der Waals surface area contributed by atoms with Gasteiger partial charge in [0.15, 0.2) is 5.11 Å². The van der Waals surface area contributed by atoms with Gasteiger partial charge in [0.25, 0.3) is 5.91 Å². The molecule has 5 nitrogen and oxygen atoms in total. The highest BCUT2D eigenvalue weighted by Crippen LogP contribution is 2.05. The van der Waals surface area contributed by atoms with Crippen LogP contribution in [0, 0.1) is 11.3 Å². The minimum Gasteiger partial charge on any atom is -0.331 e. The Kier molecular flexibility index (Phi) is 4.85. The number of nitrogens with one attached hydrogen (secondary N) is 3. The molecule has 104 valence electrons. The first-order chi connectivity index (χ1) is 10.2. The number of hydrogen-bond acceptors (Lipinski definition) is 3. The molecule has 0 aromatic heterocycles. The second kappa shape index (κ2) is 7.03. The van der Waals surface area contributed by atoms with Crippen molar-refractivity contribution < 1.29 is 4.79 Å². The standard InChI is InChI=1S/C15H12N4OS/c16-10-11-5-4-6-12(9-11)14(20)18-19-15(21)17-13-7-2-1-3-8-13/h1-9H,(H,18,20)(H2,17,19,21). The third kappa shape index (κ3) is 4.30. The van der Waals surface area contributed by atoms with Crippen LogP contribution in [-0.4, -0.2) is 11.0 Å². The lowest BCUT2D eigenvalue weighted by molar-refractivity contribution is 0.0944. The fourth-order valence-electron chi connectivity index (χ4n) is 1.60. The number of carbonyl (C=O) groups excluding carboxylic acids is 1. The lowest BCUT2D eigenvalue weighted by Crippen LogP contribution is -2.43. The van der Waals surface area contributed by atoms with E-state index < -0.39 is 0 Å². The van der Waals surface area contributed by atoms with Crippen LogP contribution in [-0.2, 0) is 0 Å². The monoisotopic (exact) mass is 296 g/mol. The van der Waals surface area contributed by atoms with Gasteiger partial charge in [-0.2, -0.15) is 5.26 Å². The van der Waals surface area contributed by atoms with Crippen LogP contribution in [0.5, 0.6) is 0 Å². The van der Waals surface area contributed by atoms with Crippen LogP contribution in [0.2, 0.25) is 0 Å². The molecule has 2 aromatic rings. The number of carbonyl (C=O) groups is 1. The average molecular weight is 296 g/mol. The highest BCUT2D eigenvalue weighted by atomic mass is 32.1. The fourth-order valence-corrected chi connectivity index (χ4v) is 1.77. The van der Waals surface area contributed by atoms with Crippen molar-refractivity contribution in [3.63, 3.8) is 0 Å². The van der Waals surface area contributed by atoms with Gasteiger partial charge in [-0.25, -0.2) is 0 Å². The van der Waals surface area contributed by atoms with Gasteiger partial charge in [-0.05, 0) is 42.5 Å². The molecule has 0 unspecified atom stereocenters. The Morgan fingerprint density at radius 3 is 2.52 bits per heavy atom. The van der Waals surface area contributed by atoms with Crippen LogP contribution in [0.3, 0.4) is 0 Å². The van der Waals surface area contributed by atoms with E-state index in [1.807, 2.05) is 36.4 Å². The molecule has 0 atom stereocenters. The average Bonchev–Trinajstić information content (AvgIpc) is 2.53. The summed E-state index contributed by atoms with van der Waals surface area (Å²) >= 11 is 5.06. The number of hydrogen-bond donors (Lipinski definition) is 3. The maximum Gasteiger partial charge on any atom is 0.269 e.